The molecular weight excluding hydrogens is 622 g/mol. The number of pyridine rings is 1. The van der Waals surface area contributed by atoms with E-state index in [1.165, 1.54) is 13.3 Å². The van der Waals surface area contributed by atoms with Crippen LogP contribution in [-0.4, -0.2) is 37.3 Å². The number of nitrogens with zero attached hydrogens (tertiary/aromatic N) is 2. The van der Waals surface area contributed by atoms with Gasteiger partial charge in [-0.2, -0.15) is 5.10 Å². The van der Waals surface area contributed by atoms with Gasteiger partial charge in [0.1, 0.15) is 5.75 Å². The van der Waals surface area contributed by atoms with Crippen molar-refractivity contribution in [2.45, 2.75) is 0 Å². The van der Waals surface area contributed by atoms with Gasteiger partial charge in [0.2, 0.25) is 0 Å². The molecule has 0 atom stereocenters. The maximum absolute atomic E-state index is 13.4. The van der Waals surface area contributed by atoms with Gasteiger partial charge in [0.05, 0.1) is 47.8 Å². The molecule has 1 amide bonds. The lowest BCUT2D eigenvalue weighted by molar-refractivity contribution is 0.0729. The molecule has 1 aromatic heterocycles. The van der Waals surface area contributed by atoms with Gasteiger partial charge in [-0.25, -0.2) is 15.2 Å². The molecule has 0 saturated heterocycles. The van der Waals surface area contributed by atoms with E-state index in [-0.39, 0.29) is 16.3 Å². The second-order valence-corrected chi connectivity index (χ2v) is 10.2. The first kappa shape index (κ1) is 28.8. The number of nitrogens with one attached hydrogen (secondary N) is 1. The number of rotatable bonds is 8. The number of carbonyl (C=O) groups is 2. The van der Waals surface area contributed by atoms with Crippen LogP contribution in [0.4, 0.5) is 0 Å². The largest absolute Gasteiger partial charge is 0.497 e. The van der Waals surface area contributed by atoms with Gasteiger partial charge < -0.3 is 14.2 Å². The van der Waals surface area contributed by atoms with Crippen molar-refractivity contribution in [3.8, 4) is 28.5 Å². The summed E-state index contributed by atoms with van der Waals surface area (Å²) in [7, 11) is 3.02. The molecule has 210 valence electrons. The summed E-state index contributed by atoms with van der Waals surface area (Å²) in [6, 6.07) is 26.2. The van der Waals surface area contributed by atoms with Gasteiger partial charge in [0.15, 0.2) is 11.5 Å². The second kappa shape index (κ2) is 12.8. The van der Waals surface area contributed by atoms with Gasteiger partial charge in [-0.1, -0.05) is 51.8 Å². The van der Waals surface area contributed by atoms with Crippen LogP contribution in [0.2, 0.25) is 5.02 Å². The van der Waals surface area contributed by atoms with E-state index in [0.29, 0.717) is 39.2 Å². The third-order valence-electron chi connectivity index (χ3n) is 6.26. The Labute approximate surface area is 255 Å². The number of ether oxygens (including phenoxy) is 3. The Balaban J connectivity index is 1.38. The molecule has 1 N–H and O–H groups in total. The number of methoxy groups -OCH3 is 2. The maximum atomic E-state index is 13.4. The summed E-state index contributed by atoms with van der Waals surface area (Å²) in [5.41, 5.74) is 5.94. The van der Waals surface area contributed by atoms with Crippen molar-refractivity contribution in [3.05, 3.63) is 117 Å². The van der Waals surface area contributed by atoms with E-state index in [9.17, 15) is 9.59 Å². The number of carbonyl (C=O) groups excluding carboxylic acids is 2. The van der Waals surface area contributed by atoms with Crippen LogP contribution >= 0.6 is 27.5 Å². The summed E-state index contributed by atoms with van der Waals surface area (Å²) in [6.07, 6.45) is 1.46. The fraction of sp³-hybridized carbons (Fsp3) is 0.0625. The zero-order valence-corrected chi connectivity index (χ0v) is 24.8. The molecule has 4 aromatic carbocycles. The quantitative estimate of drug-likeness (QED) is 0.0823. The van der Waals surface area contributed by atoms with Crippen molar-refractivity contribution in [2.75, 3.05) is 14.2 Å². The van der Waals surface area contributed by atoms with Crippen LogP contribution in [0.1, 0.15) is 26.3 Å². The minimum Gasteiger partial charge on any atom is -0.497 e. The van der Waals surface area contributed by atoms with E-state index in [4.69, 9.17) is 30.8 Å². The Morgan fingerprint density at radius 3 is 2.40 bits per heavy atom. The van der Waals surface area contributed by atoms with E-state index in [2.05, 4.69) is 26.5 Å². The van der Waals surface area contributed by atoms with Gasteiger partial charge in [0, 0.05) is 15.4 Å². The second-order valence-electron chi connectivity index (χ2n) is 8.92. The van der Waals surface area contributed by atoms with E-state index in [0.717, 1.165) is 10.0 Å². The molecule has 0 fully saturated rings. The molecule has 0 bridgehead atoms. The van der Waals surface area contributed by atoms with Crippen LogP contribution in [0.25, 0.3) is 22.2 Å². The fourth-order valence-electron chi connectivity index (χ4n) is 4.14. The van der Waals surface area contributed by atoms with Crippen molar-refractivity contribution >= 4 is 56.5 Å². The van der Waals surface area contributed by atoms with Crippen molar-refractivity contribution < 1.29 is 23.8 Å². The lowest BCUT2D eigenvalue weighted by atomic mass is 10.0. The third-order valence-corrected chi connectivity index (χ3v) is 7.12. The monoisotopic (exact) mass is 643 g/mol. The van der Waals surface area contributed by atoms with E-state index in [1.807, 2.05) is 30.3 Å². The van der Waals surface area contributed by atoms with Crippen LogP contribution in [0.15, 0.2) is 101 Å². The highest BCUT2D eigenvalue weighted by molar-refractivity contribution is 9.10. The van der Waals surface area contributed by atoms with Crippen molar-refractivity contribution in [2.24, 2.45) is 5.10 Å². The molecule has 1 heterocycles. The smallest absolute Gasteiger partial charge is 0.345 e. The Kier molecular flexibility index (Phi) is 8.80. The van der Waals surface area contributed by atoms with E-state index in [1.54, 1.807) is 67.8 Å². The van der Waals surface area contributed by atoms with Crippen LogP contribution in [0.3, 0.4) is 0 Å². The average Bonchev–Trinajstić information content (AvgIpc) is 3.01. The summed E-state index contributed by atoms with van der Waals surface area (Å²) in [6.45, 7) is 0. The lowest BCUT2D eigenvalue weighted by Gasteiger charge is -2.11. The molecule has 10 heteroatoms. The molecule has 0 aliphatic heterocycles. The number of benzene rings is 4. The molecule has 5 aromatic rings. The third kappa shape index (κ3) is 6.43. The summed E-state index contributed by atoms with van der Waals surface area (Å²) in [5, 5.41) is 5.05. The number of amides is 1. The highest BCUT2D eigenvalue weighted by atomic mass is 79.9. The summed E-state index contributed by atoms with van der Waals surface area (Å²) in [5.74, 6) is 0.0674. The molecule has 5 rings (SSSR count). The fourth-order valence-corrected chi connectivity index (χ4v) is 4.62. The lowest BCUT2D eigenvalue weighted by Crippen LogP contribution is -2.18. The van der Waals surface area contributed by atoms with Crippen LogP contribution in [-0.2, 0) is 0 Å². The summed E-state index contributed by atoms with van der Waals surface area (Å²) < 4.78 is 17.2. The number of esters is 1. The molecule has 0 radical (unpaired) electrons. The first-order valence-electron chi connectivity index (χ1n) is 12.6. The Morgan fingerprint density at radius 1 is 0.881 bits per heavy atom. The van der Waals surface area contributed by atoms with Crippen molar-refractivity contribution in [1.29, 1.82) is 0 Å². The van der Waals surface area contributed by atoms with Crippen LogP contribution < -0.4 is 19.6 Å². The van der Waals surface area contributed by atoms with Gasteiger partial charge in [-0.05, 0) is 72.3 Å². The van der Waals surface area contributed by atoms with E-state index >= 15 is 0 Å². The van der Waals surface area contributed by atoms with Crippen molar-refractivity contribution in [1.82, 2.24) is 10.4 Å². The summed E-state index contributed by atoms with van der Waals surface area (Å²) in [4.78, 5) is 30.7. The number of halogens is 2. The number of hydrogen-bond donors (Lipinski definition) is 1. The number of fused-ring (bicyclic) bond motifs is 1. The first-order valence-corrected chi connectivity index (χ1v) is 13.8. The van der Waals surface area contributed by atoms with Gasteiger partial charge >= 0.3 is 5.97 Å². The van der Waals surface area contributed by atoms with Gasteiger partial charge in [-0.3, -0.25) is 4.79 Å². The van der Waals surface area contributed by atoms with Crippen LogP contribution in [0.5, 0.6) is 17.2 Å². The maximum Gasteiger partial charge on any atom is 0.345 e. The molecule has 8 nitrogen and oxygen atoms in total. The highest BCUT2D eigenvalue weighted by Crippen LogP contribution is 2.30. The minimum atomic E-state index is -0.615. The molecule has 0 spiro atoms. The van der Waals surface area contributed by atoms with Gasteiger partial charge in [-0.15, -0.1) is 0 Å². The summed E-state index contributed by atoms with van der Waals surface area (Å²) >= 11 is 9.55. The molecule has 42 heavy (non-hydrogen) atoms. The SMILES string of the molecule is COc1ccc2nc(-c3ccc(Br)cc3)cc(C(=O)NN=Cc3ccc(OC(=O)c4ccccc4Cl)c(OC)c3)c2c1. The first-order chi connectivity index (χ1) is 20.4. The Morgan fingerprint density at radius 2 is 1.67 bits per heavy atom. The number of aromatic nitrogens is 1. The molecule has 0 aliphatic rings. The predicted octanol–water partition coefficient (Wildman–Crippen LogP) is 7.32. The average molecular weight is 645 g/mol. The Hall–Kier alpha value is -4.73. The predicted molar refractivity (Wildman–Crippen MR) is 166 cm³/mol. The zero-order valence-electron chi connectivity index (χ0n) is 22.4. The number of hydrazone groups is 1. The minimum absolute atomic E-state index is 0.210. The topological polar surface area (TPSA) is 99.1 Å². The highest BCUT2D eigenvalue weighted by Gasteiger charge is 2.17. The molecule has 0 unspecified atom stereocenters. The zero-order chi connectivity index (χ0) is 29.6. The molecule has 0 aliphatic carbocycles. The van der Waals surface area contributed by atoms with Crippen molar-refractivity contribution in [3.63, 3.8) is 0 Å². The van der Waals surface area contributed by atoms with Crippen LogP contribution in [0, 0.1) is 0 Å². The number of hydrogen-bond acceptors (Lipinski definition) is 7. The van der Waals surface area contributed by atoms with E-state index < -0.39 is 11.9 Å². The Bertz CT molecular complexity index is 1830. The standard InChI is InChI=1S/C32H23BrClN3O5/c1-40-22-12-13-27-24(16-22)25(17-28(36-27)20-8-10-21(33)11-9-20)31(38)37-35-18-19-7-14-29(30(15-19)41-2)42-32(39)23-5-3-4-6-26(23)34/h3-18H,1-2H3,(H,37,38). The molecular formula is C32H23BrClN3O5. The normalized spacial score (nSPS) is 11.0. The van der Waals surface area contributed by atoms with Gasteiger partial charge in [0.25, 0.3) is 5.91 Å². The molecule has 0 saturated carbocycles.